The van der Waals surface area contributed by atoms with Gasteiger partial charge in [-0.3, -0.25) is 14.9 Å². The number of fused-ring (bicyclic) bond motifs is 1. The maximum absolute atomic E-state index is 11.9. The van der Waals surface area contributed by atoms with E-state index in [1.54, 1.807) is 6.92 Å². The maximum Gasteiger partial charge on any atom is 0.349 e. The van der Waals surface area contributed by atoms with Crippen LogP contribution in [0.15, 0.2) is 33.5 Å². The van der Waals surface area contributed by atoms with Crippen molar-refractivity contribution in [2.75, 3.05) is 6.54 Å². The van der Waals surface area contributed by atoms with Gasteiger partial charge in [0.15, 0.2) is 0 Å². The van der Waals surface area contributed by atoms with Crippen LogP contribution in [0.4, 0.5) is 5.69 Å². The van der Waals surface area contributed by atoms with Crippen molar-refractivity contribution in [2.24, 2.45) is 0 Å². The molecule has 0 aliphatic heterocycles. The van der Waals surface area contributed by atoms with Gasteiger partial charge in [-0.15, -0.1) is 0 Å². The van der Waals surface area contributed by atoms with E-state index < -0.39 is 22.6 Å². The first kappa shape index (κ1) is 15.6. The molecule has 0 aliphatic carbocycles. The number of rotatable bonds is 5. The third kappa shape index (κ3) is 3.29. The van der Waals surface area contributed by atoms with Gasteiger partial charge in [-0.2, -0.15) is 0 Å². The van der Waals surface area contributed by atoms with Crippen LogP contribution in [0.25, 0.3) is 11.0 Å². The standard InChI is InChI=1S/C14H14N2O6/c1-2-10(17)7-15-13(18)11-6-8-5-9(16(20)21)3-4-12(8)22-14(11)19/h3-6,10,17H,2,7H2,1H3,(H,15,18). The lowest BCUT2D eigenvalue weighted by Gasteiger charge is -2.09. The molecule has 8 nitrogen and oxygen atoms in total. The fraction of sp³-hybridized carbons (Fsp3) is 0.286. The molecule has 1 atom stereocenters. The summed E-state index contributed by atoms with van der Waals surface area (Å²) >= 11 is 0. The molecule has 0 spiro atoms. The smallest absolute Gasteiger partial charge is 0.349 e. The van der Waals surface area contributed by atoms with Crippen molar-refractivity contribution in [3.05, 3.63) is 50.4 Å². The van der Waals surface area contributed by atoms with E-state index in [2.05, 4.69) is 5.32 Å². The van der Waals surface area contributed by atoms with Crippen molar-refractivity contribution in [2.45, 2.75) is 19.4 Å². The highest BCUT2D eigenvalue weighted by Crippen LogP contribution is 2.20. The molecular weight excluding hydrogens is 292 g/mol. The molecule has 2 rings (SSSR count). The van der Waals surface area contributed by atoms with Crippen molar-refractivity contribution < 1.29 is 19.2 Å². The number of benzene rings is 1. The summed E-state index contributed by atoms with van der Waals surface area (Å²) in [5.41, 5.74) is -1.13. The van der Waals surface area contributed by atoms with Gasteiger partial charge in [0.1, 0.15) is 11.1 Å². The lowest BCUT2D eigenvalue weighted by molar-refractivity contribution is -0.384. The van der Waals surface area contributed by atoms with Gasteiger partial charge in [0.05, 0.1) is 11.0 Å². The molecular formula is C14H14N2O6. The summed E-state index contributed by atoms with van der Waals surface area (Å²) in [5.74, 6) is -0.699. The minimum atomic E-state index is -0.843. The first-order valence-corrected chi connectivity index (χ1v) is 6.61. The molecule has 1 heterocycles. The Balaban J connectivity index is 2.37. The molecule has 1 amide bonds. The Morgan fingerprint density at radius 2 is 2.18 bits per heavy atom. The van der Waals surface area contributed by atoms with E-state index in [0.29, 0.717) is 6.42 Å². The van der Waals surface area contributed by atoms with Gasteiger partial charge in [0.25, 0.3) is 11.6 Å². The molecule has 1 aromatic heterocycles. The monoisotopic (exact) mass is 306 g/mol. The Hall–Kier alpha value is -2.74. The number of nitro benzene ring substituents is 1. The van der Waals surface area contributed by atoms with Crippen LogP contribution in [0.3, 0.4) is 0 Å². The second-order valence-electron chi connectivity index (χ2n) is 4.70. The van der Waals surface area contributed by atoms with Crippen molar-refractivity contribution in [3.63, 3.8) is 0 Å². The quantitative estimate of drug-likeness (QED) is 0.486. The molecule has 2 aromatic rings. The molecule has 1 aromatic carbocycles. The van der Waals surface area contributed by atoms with Crippen LogP contribution in [0, 0.1) is 10.1 Å². The number of amides is 1. The second kappa shape index (κ2) is 6.35. The van der Waals surface area contributed by atoms with Crippen LogP contribution in [0.2, 0.25) is 0 Å². The topological polar surface area (TPSA) is 123 Å². The van der Waals surface area contributed by atoms with E-state index >= 15 is 0 Å². The fourth-order valence-corrected chi connectivity index (χ4v) is 1.83. The molecule has 0 fully saturated rings. The third-order valence-corrected chi connectivity index (χ3v) is 3.14. The second-order valence-corrected chi connectivity index (χ2v) is 4.70. The molecule has 116 valence electrons. The lowest BCUT2D eigenvalue weighted by Crippen LogP contribution is -2.34. The molecule has 0 bridgehead atoms. The zero-order chi connectivity index (χ0) is 16.3. The summed E-state index contributed by atoms with van der Waals surface area (Å²) in [6.45, 7) is 1.75. The number of nitrogens with one attached hydrogen (secondary N) is 1. The van der Waals surface area contributed by atoms with Crippen molar-refractivity contribution >= 4 is 22.6 Å². The maximum atomic E-state index is 11.9. The van der Waals surface area contributed by atoms with E-state index in [4.69, 9.17) is 4.42 Å². The first-order chi connectivity index (χ1) is 10.4. The van der Waals surface area contributed by atoms with Crippen LogP contribution in [0.1, 0.15) is 23.7 Å². The summed E-state index contributed by atoms with van der Waals surface area (Å²) < 4.78 is 4.98. The number of aliphatic hydroxyl groups excluding tert-OH is 1. The minimum Gasteiger partial charge on any atom is -0.422 e. The number of hydrogen-bond acceptors (Lipinski definition) is 6. The van der Waals surface area contributed by atoms with E-state index in [0.717, 1.165) is 0 Å². The van der Waals surface area contributed by atoms with Gasteiger partial charge >= 0.3 is 5.63 Å². The van der Waals surface area contributed by atoms with Gasteiger partial charge in [0.2, 0.25) is 0 Å². The Morgan fingerprint density at radius 1 is 1.45 bits per heavy atom. The summed E-state index contributed by atoms with van der Waals surface area (Å²) in [5, 5.41) is 22.8. The number of nitrogens with zero attached hydrogens (tertiary/aromatic N) is 1. The molecule has 8 heteroatoms. The Morgan fingerprint density at radius 3 is 2.82 bits per heavy atom. The Kier molecular flexibility index (Phi) is 4.52. The van der Waals surface area contributed by atoms with Gasteiger partial charge in [-0.25, -0.2) is 4.79 Å². The lowest BCUT2D eigenvalue weighted by atomic mass is 10.1. The van der Waals surface area contributed by atoms with E-state index in [9.17, 15) is 24.8 Å². The Labute approximate surface area is 124 Å². The average Bonchev–Trinajstić information content (AvgIpc) is 2.50. The van der Waals surface area contributed by atoms with Crippen LogP contribution in [-0.2, 0) is 0 Å². The largest absolute Gasteiger partial charge is 0.422 e. The van der Waals surface area contributed by atoms with Crippen LogP contribution < -0.4 is 10.9 Å². The van der Waals surface area contributed by atoms with Gasteiger partial charge in [-0.05, 0) is 18.6 Å². The molecule has 1 unspecified atom stereocenters. The predicted octanol–water partition coefficient (Wildman–Crippen LogP) is 1.20. The zero-order valence-corrected chi connectivity index (χ0v) is 11.7. The summed E-state index contributed by atoms with van der Waals surface area (Å²) in [4.78, 5) is 33.9. The van der Waals surface area contributed by atoms with E-state index in [-0.39, 0.29) is 28.8 Å². The van der Waals surface area contributed by atoms with Crippen LogP contribution >= 0.6 is 0 Å². The number of carbonyl (C=O) groups is 1. The predicted molar refractivity (Wildman–Crippen MR) is 77.8 cm³/mol. The SMILES string of the molecule is CCC(O)CNC(=O)c1cc2cc([N+](=O)[O-])ccc2oc1=O. The highest BCUT2D eigenvalue weighted by Gasteiger charge is 2.16. The zero-order valence-electron chi connectivity index (χ0n) is 11.7. The molecule has 2 N–H and O–H groups in total. The van der Waals surface area contributed by atoms with Crippen molar-refractivity contribution in [3.8, 4) is 0 Å². The molecule has 0 aliphatic rings. The molecule has 0 radical (unpaired) electrons. The first-order valence-electron chi connectivity index (χ1n) is 6.61. The van der Waals surface area contributed by atoms with Gasteiger partial charge < -0.3 is 14.8 Å². The Bertz CT molecular complexity index is 782. The van der Waals surface area contributed by atoms with E-state index in [1.807, 2.05) is 0 Å². The van der Waals surface area contributed by atoms with Gasteiger partial charge in [-0.1, -0.05) is 6.92 Å². The number of non-ortho nitro benzene ring substituents is 1. The van der Waals surface area contributed by atoms with Crippen LogP contribution in [-0.4, -0.2) is 28.6 Å². The highest BCUT2D eigenvalue weighted by molar-refractivity contribution is 5.96. The minimum absolute atomic E-state index is 0.00173. The van der Waals surface area contributed by atoms with Gasteiger partial charge in [0, 0.05) is 24.1 Å². The molecule has 22 heavy (non-hydrogen) atoms. The van der Waals surface area contributed by atoms with Crippen LogP contribution in [0.5, 0.6) is 0 Å². The third-order valence-electron chi connectivity index (χ3n) is 3.14. The average molecular weight is 306 g/mol. The van der Waals surface area contributed by atoms with E-state index in [1.165, 1.54) is 24.3 Å². The number of hydrogen-bond donors (Lipinski definition) is 2. The summed E-state index contributed by atoms with van der Waals surface area (Å²) in [6.07, 6.45) is -0.253. The number of nitro groups is 1. The fourth-order valence-electron chi connectivity index (χ4n) is 1.83. The highest BCUT2D eigenvalue weighted by atomic mass is 16.6. The number of carbonyl (C=O) groups excluding carboxylic acids is 1. The summed E-state index contributed by atoms with van der Waals surface area (Å²) in [7, 11) is 0. The number of aliphatic hydroxyl groups is 1. The van der Waals surface area contributed by atoms with Crippen molar-refractivity contribution in [1.82, 2.24) is 5.32 Å². The normalized spacial score (nSPS) is 12.1. The summed E-state index contributed by atoms with van der Waals surface area (Å²) in [6, 6.07) is 4.97. The molecule has 0 saturated carbocycles. The molecule has 0 saturated heterocycles. The van der Waals surface area contributed by atoms with Crippen molar-refractivity contribution in [1.29, 1.82) is 0 Å².